The third-order valence-corrected chi connectivity index (χ3v) is 5.62. The van der Waals surface area contributed by atoms with Crippen molar-refractivity contribution in [1.29, 1.82) is 0 Å². The number of fused-ring (bicyclic) bond motifs is 1. The SMILES string of the molecule is CSCc1c(C(=O)Nc2ccccc2N2CCCCC2)oc2ccccc12. The molecule has 140 valence electrons. The van der Waals surface area contributed by atoms with E-state index in [1.807, 2.05) is 48.7 Å². The largest absolute Gasteiger partial charge is 0.451 e. The van der Waals surface area contributed by atoms with E-state index in [9.17, 15) is 4.79 Å². The van der Waals surface area contributed by atoms with Crippen LogP contribution in [0.2, 0.25) is 0 Å². The van der Waals surface area contributed by atoms with Crippen LogP contribution in [0, 0.1) is 0 Å². The van der Waals surface area contributed by atoms with Crippen molar-refractivity contribution in [3.63, 3.8) is 0 Å². The smallest absolute Gasteiger partial charge is 0.291 e. The molecule has 5 heteroatoms. The molecule has 1 amide bonds. The van der Waals surface area contributed by atoms with Crippen LogP contribution in [0.15, 0.2) is 52.9 Å². The lowest BCUT2D eigenvalue weighted by Gasteiger charge is -2.30. The van der Waals surface area contributed by atoms with Crippen molar-refractivity contribution in [2.24, 2.45) is 0 Å². The van der Waals surface area contributed by atoms with Crippen LogP contribution in [-0.4, -0.2) is 25.3 Å². The molecule has 0 unspecified atom stereocenters. The average molecular weight is 381 g/mol. The van der Waals surface area contributed by atoms with E-state index in [2.05, 4.69) is 16.3 Å². The molecule has 0 atom stereocenters. The van der Waals surface area contributed by atoms with Crippen LogP contribution in [0.1, 0.15) is 35.4 Å². The molecular formula is C22H24N2O2S. The molecule has 1 fully saturated rings. The molecule has 1 aliphatic heterocycles. The Labute approximate surface area is 163 Å². The highest BCUT2D eigenvalue weighted by Crippen LogP contribution is 2.32. The molecule has 2 heterocycles. The molecule has 1 aliphatic rings. The number of piperidine rings is 1. The summed E-state index contributed by atoms with van der Waals surface area (Å²) >= 11 is 1.69. The number of benzene rings is 2. The van der Waals surface area contributed by atoms with Gasteiger partial charge < -0.3 is 14.6 Å². The Hall–Kier alpha value is -2.40. The number of carbonyl (C=O) groups is 1. The highest BCUT2D eigenvalue weighted by atomic mass is 32.2. The normalized spacial score (nSPS) is 14.5. The van der Waals surface area contributed by atoms with E-state index in [1.54, 1.807) is 11.8 Å². The number of nitrogens with one attached hydrogen (secondary N) is 1. The number of amides is 1. The zero-order valence-corrected chi connectivity index (χ0v) is 16.3. The first-order chi connectivity index (χ1) is 13.3. The van der Waals surface area contributed by atoms with Crippen LogP contribution in [0.4, 0.5) is 11.4 Å². The average Bonchev–Trinajstić information content (AvgIpc) is 3.08. The fourth-order valence-electron chi connectivity index (χ4n) is 3.74. The van der Waals surface area contributed by atoms with E-state index in [1.165, 1.54) is 19.3 Å². The predicted octanol–water partition coefficient (Wildman–Crippen LogP) is 5.54. The highest BCUT2D eigenvalue weighted by molar-refractivity contribution is 7.97. The quantitative estimate of drug-likeness (QED) is 0.631. The van der Waals surface area contributed by atoms with Gasteiger partial charge in [0, 0.05) is 29.8 Å². The summed E-state index contributed by atoms with van der Waals surface area (Å²) in [6.07, 6.45) is 5.71. The summed E-state index contributed by atoms with van der Waals surface area (Å²) in [5.74, 6) is 0.979. The molecule has 0 radical (unpaired) electrons. The van der Waals surface area contributed by atoms with Crippen molar-refractivity contribution in [3.05, 3.63) is 59.9 Å². The van der Waals surface area contributed by atoms with Gasteiger partial charge >= 0.3 is 0 Å². The highest BCUT2D eigenvalue weighted by Gasteiger charge is 2.22. The minimum atomic E-state index is -0.181. The van der Waals surface area contributed by atoms with Crippen molar-refractivity contribution >= 4 is 40.0 Å². The van der Waals surface area contributed by atoms with Crippen LogP contribution < -0.4 is 10.2 Å². The molecule has 1 saturated heterocycles. The van der Waals surface area contributed by atoms with Crippen molar-refractivity contribution in [1.82, 2.24) is 0 Å². The van der Waals surface area contributed by atoms with E-state index in [0.29, 0.717) is 5.76 Å². The number of hydrogen-bond donors (Lipinski definition) is 1. The summed E-state index contributed by atoms with van der Waals surface area (Å²) in [4.78, 5) is 15.4. The molecule has 1 aromatic heterocycles. The predicted molar refractivity (Wildman–Crippen MR) is 114 cm³/mol. The second-order valence-electron chi connectivity index (χ2n) is 6.86. The zero-order chi connectivity index (χ0) is 18.6. The minimum absolute atomic E-state index is 0.181. The first-order valence-corrected chi connectivity index (χ1v) is 10.8. The fraction of sp³-hybridized carbons (Fsp3) is 0.318. The topological polar surface area (TPSA) is 45.5 Å². The standard InChI is InChI=1S/C22H24N2O2S/c1-27-15-17-16-9-3-6-12-20(16)26-21(17)22(25)23-18-10-4-5-11-19(18)24-13-7-2-8-14-24/h3-6,9-12H,2,7-8,13-15H2,1H3,(H,23,25). The molecule has 4 nitrogen and oxygen atoms in total. The number of para-hydroxylation sites is 3. The second-order valence-corrected chi connectivity index (χ2v) is 7.72. The first-order valence-electron chi connectivity index (χ1n) is 9.42. The zero-order valence-electron chi connectivity index (χ0n) is 15.5. The number of rotatable bonds is 5. The number of nitrogens with zero attached hydrogens (tertiary/aromatic N) is 1. The molecule has 0 saturated carbocycles. The molecule has 4 rings (SSSR count). The third-order valence-electron chi connectivity index (χ3n) is 5.04. The van der Waals surface area contributed by atoms with Gasteiger partial charge in [-0.05, 0) is 43.7 Å². The maximum atomic E-state index is 13.1. The van der Waals surface area contributed by atoms with Gasteiger partial charge in [-0.1, -0.05) is 30.3 Å². The van der Waals surface area contributed by atoms with Gasteiger partial charge in [0.25, 0.3) is 5.91 Å². The molecule has 0 bridgehead atoms. The minimum Gasteiger partial charge on any atom is -0.451 e. The van der Waals surface area contributed by atoms with E-state index in [-0.39, 0.29) is 5.91 Å². The van der Waals surface area contributed by atoms with Gasteiger partial charge in [0.1, 0.15) is 5.58 Å². The summed E-state index contributed by atoms with van der Waals surface area (Å²) in [7, 11) is 0. The maximum Gasteiger partial charge on any atom is 0.291 e. The Kier molecular flexibility index (Phi) is 5.39. The van der Waals surface area contributed by atoms with Gasteiger partial charge in [0.05, 0.1) is 11.4 Å². The number of hydrogen-bond acceptors (Lipinski definition) is 4. The summed E-state index contributed by atoms with van der Waals surface area (Å²) in [6.45, 7) is 2.07. The van der Waals surface area contributed by atoms with E-state index in [4.69, 9.17) is 4.42 Å². The van der Waals surface area contributed by atoms with Gasteiger partial charge in [-0.3, -0.25) is 4.79 Å². The molecule has 0 spiro atoms. The Morgan fingerprint density at radius 1 is 1.07 bits per heavy atom. The second kappa shape index (κ2) is 8.09. The lowest BCUT2D eigenvalue weighted by atomic mass is 10.1. The summed E-state index contributed by atoms with van der Waals surface area (Å²) < 4.78 is 5.93. The van der Waals surface area contributed by atoms with Crippen molar-refractivity contribution < 1.29 is 9.21 Å². The van der Waals surface area contributed by atoms with E-state index >= 15 is 0 Å². The van der Waals surface area contributed by atoms with Gasteiger partial charge in [-0.2, -0.15) is 11.8 Å². The Bertz CT molecular complexity index is 944. The number of furan rings is 1. The van der Waals surface area contributed by atoms with Crippen LogP contribution in [0.3, 0.4) is 0 Å². The molecule has 0 aliphatic carbocycles. The van der Waals surface area contributed by atoms with Crippen LogP contribution >= 0.6 is 11.8 Å². The van der Waals surface area contributed by atoms with Crippen molar-refractivity contribution in [2.75, 3.05) is 29.6 Å². The molecule has 1 N–H and O–H groups in total. The van der Waals surface area contributed by atoms with Crippen LogP contribution in [-0.2, 0) is 5.75 Å². The molecule has 27 heavy (non-hydrogen) atoms. The molecule has 2 aromatic carbocycles. The van der Waals surface area contributed by atoms with Gasteiger partial charge in [0.2, 0.25) is 0 Å². The third kappa shape index (κ3) is 3.69. The molecular weight excluding hydrogens is 356 g/mol. The lowest BCUT2D eigenvalue weighted by molar-refractivity contribution is 0.0998. The summed E-state index contributed by atoms with van der Waals surface area (Å²) in [6, 6.07) is 15.9. The Morgan fingerprint density at radius 2 is 1.81 bits per heavy atom. The fourth-order valence-corrected chi connectivity index (χ4v) is 4.31. The van der Waals surface area contributed by atoms with Crippen molar-refractivity contribution in [3.8, 4) is 0 Å². The van der Waals surface area contributed by atoms with Crippen molar-refractivity contribution in [2.45, 2.75) is 25.0 Å². The van der Waals surface area contributed by atoms with Crippen LogP contribution in [0.5, 0.6) is 0 Å². The maximum absolute atomic E-state index is 13.1. The monoisotopic (exact) mass is 380 g/mol. The van der Waals surface area contributed by atoms with Gasteiger partial charge in [-0.25, -0.2) is 0 Å². The Morgan fingerprint density at radius 3 is 2.63 bits per heavy atom. The van der Waals surface area contributed by atoms with Gasteiger partial charge in [0.15, 0.2) is 5.76 Å². The van der Waals surface area contributed by atoms with Crippen LogP contribution in [0.25, 0.3) is 11.0 Å². The van der Waals surface area contributed by atoms with Gasteiger partial charge in [-0.15, -0.1) is 0 Å². The van der Waals surface area contributed by atoms with E-state index in [0.717, 1.165) is 46.7 Å². The number of anilines is 2. The summed E-state index contributed by atoms with van der Waals surface area (Å²) in [5.41, 5.74) is 3.66. The first kappa shape index (κ1) is 18.0. The lowest BCUT2D eigenvalue weighted by Crippen LogP contribution is -2.30. The number of thioether (sulfide) groups is 1. The van der Waals surface area contributed by atoms with E-state index < -0.39 is 0 Å². The summed E-state index contributed by atoms with van der Waals surface area (Å²) in [5, 5.41) is 4.12. The Balaban J connectivity index is 1.65. The number of carbonyl (C=O) groups excluding carboxylic acids is 1. The molecule has 3 aromatic rings.